The zero-order valence-corrected chi connectivity index (χ0v) is 15.1. The van der Waals surface area contributed by atoms with Crippen LogP contribution in [0.4, 0.5) is 0 Å². The SMILES string of the molecule is Cc1nc2c(-c3ccccc3)c(C)[nH]n2c(=O)c1-c1nnc(-c2ccco2)o1. The van der Waals surface area contributed by atoms with Gasteiger partial charge in [0, 0.05) is 11.3 Å². The van der Waals surface area contributed by atoms with Crippen LogP contribution in [0.25, 0.3) is 39.9 Å². The standard InChI is InChI=1S/C20H15N5O3/c1-11-16(19-23-22-18(28-19)14-9-6-10-27-14)20(26)25-17(21-11)15(12(2)24-25)13-7-4-3-5-8-13/h3-10,24H,1-2H3. The van der Waals surface area contributed by atoms with E-state index in [1.165, 1.54) is 10.8 Å². The van der Waals surface area contributed by atoms with Gasteiger partial charge in [-0.15, -0.1) is 10.2 Å². The van der Waals surface area contributed by atoms with Crippen molar-refractivity contribution in [3.05, 3.63) is 70.5 Å². The summed E-state index contributed by atoms with van der Waals surface area (Å²) < 4.78 is 12.3. The number of nitrogens with zero attached hydrogens (tertiary/aromatic N) is 4. The number of hydrogen-bond donors (Lipinski definition) is 1. The van der Waals surface area contributed by atoms with E-state index >= 15 is 0 Å². The fraction of sp³-hybridized carbons (Fsp3) is 0.100. The zero-order valence-electron chi connectivity index (χ0n) is 15.1. The van der Waals surface area contributed by atoms with Gasteiger partial charge >= 0.3 is 0 Å². The summed E-state index contributed by atoms with van der Waals surface area (Å²) in [6.45, 7) is 3.66. The summed E-state index contributed by atoms with van der Waals surface area (Å²) in [7, 11) is 0. The lowest BCUT2D eigenvalue weighted by molar-refractivity contribution is 0.522. The Kier molecular flexibility index (Phi) is 3.51. The molecular formula is C20H15N5O3. The lowest BCUT2D eigenvalue weighted by Gasteiger charge is -2.03. The first-order valence-electron chi connectivity index (χ1n) is 8.68. The number of fused-ring (bicyclic) bond motifs is 1. The van der Waals surface area contributed by atoms with Gasteiger partial charge < -0.3 is 8.83 Å². The van der Waals surface area contributed by atoms with E-state index in [0.717, 1.165) is 16.8 Å². The molecule has 1 aromatic carbocycles. The molecule has 0 aliphatic carbocycles. The van der Waals surface area contributed by atoms with E-state index in [9.17, 15) is 4.79 Å². The van der Waals surface area contributed by atoms with Gasteiger partial charge in [-0.1, -0.05) is 30.3 Å². The Labute approximate surface area is 158 Å². The summed E-state index contributed by atoms with van der Waals surface area (Å²) in [4.78, 5) is 17.8. The highest BCUT2D eigenvalue weighted by atomic mass is 16.4. The van der Waals surface area contributed by atoms with Gasteiger partial charge in [-0.2, -0.15) is 0 Å². The molecule has 138 valence electrons. The van der Waals surface area contributed by atoms with Crippen LogP contribution in [-0.4, -0.2) is 24.8 Å². The van der Waals surface area contributed by atoms with Crippen LogP contribution in [0.2, 0.25) is 0 Å². The minimum Gasteiger partial charge on any atom is -0.459 e. The molecular weight excluding hydrogens is 358 g/mol. The van der Waals surface area contributed by atoms with E-state index in [0.29, 0.717) is 17.1 Å². The fourth-order valence-electron chi connectivity index (χ4n) is 3.31. The molecule has 8 heteroatoms. The van der Waals surface area contributed by atoms with Gasteiger partial charge in [-0.25, -0.2) is 9.50 Å². The van der Waals surface area contributed by atoms with E-state index in [-0.39, 0.29) is 22.9 Å². The van der Waals surface area contributed by atoms with Crippen molar-refractivity contribution in [3.63, 3.8) is 0 Å². The fourth-order valence-corrected chi connectivity index (χ4v) is 3.31. The monoisotopic (exact) mass is 373 g/mol. The van der Waals surface area contributed by atoms with E-state index in [1.807, 2.05) is 37.3 Å². The van der Waals surface area contributed by atoms with Crippen molar-refractivity contribution < 1.29 is 8.83 Å². The van der Waals surface area contributed by atoms with E-state index in [1.54, 1.807) is 19.1 Å². The Morgan fingerprint density at radius 2 is 1.75 bits per heavy atom. The molecule has 0 aliphatic heterocycles. The molecule has 0 amide bonds. The summed E-state index contributed by atoms with van der Waals surface area (Å²) in [6, 6.07) is 13.2. The van der Waals surface area contributed by atoms with Crippen molar-refractivity contribution in [3.8, 4) is 34.2 Å². The van der Waals surface area contributed by atoms with E-state index < -0.39 is 0 Å². The van der Waals surface area contributed by atoms with Gasteiger partial charge in [0.15, 0.2) is 11.4 Å². The first-order valence-corrected chi connectivity index (χ1v) is 8.68. The highest BCUT2D eigenvalue weighted by molar-refractivity contribution is 5.80. The van der Waals surface area contributed by atoms with Crippen LogP contribution < -0.4 is 5.56 Å². The van der Waals surface area contributed by atoms with E-state index in [4.69, 9.17) is 8.83 Å². The highest BCUT2D eigenvalue weighted by Crippen LogP contribution is 2.28. The summed E-state index contributed by atoms with van der Waals surface area (Å²) >= 11 is 0. The molecule has 4 heterocycles. The van der Waals surface area contributed by atoms with E-state index in [2.05, 4.69) is 20.3 Å². The predicted octanol–water partition coefficient (Wildman–Crippen LogP) is 3.62. The molecule has 0 saturated heterocycles. The molecule has 0 fully saturated rings. The van der Waals surface area contributed by atoms with Crippen LogP contribution in [0, 0.1) is 13.8 Å². The first-order chi connectivity index (χ1) is 13.6. The molecule has 5 aromatic rings. The minimum atomic E-state index is -0.303. The van der Waals surface area contributed by atoms with Crippen molar-refractivity contribution in [2.24, 2.45) is 0 Å². The Bertz CT molecular complexity index is 1340. The van der Waals surface area contributed by atoms with Gasteiger partial charge in [0.1, 0.15) is 5.56 Å². The van der Waals surface area contributed by atoms with Gasteiger partial charge in [-0.3, -0.25) is 9.89 Å². The van der Waals surface area contributed by atoms with Crippen LogP contribution in [0.15, 0.2) is 62.4 Å². The lowest BCUT2D eigenvalue weighted by Crippen LogP contribution is -2.19. The number of aryl methyl sites for hydroxylation is 2. The van der Waals surface area contributed by atoms with Crippen molar-refractivity contribution in [2.75, 3.05) is 0 Å². The normalized spacial score (nSPS) is 11.4. The molecule has 0 unspecified atom stereocenters. The van der Waals surface area contributed by atoms with Crippen LogP contribution >= 0.6 is 0 Å². The number of furan rings is 1. The Morgan fingerprint density at radius 1 is 0.964 bits per heavy atom. The third-order valence-electron chi connectivity index (χ3n) is 4.58. The molecule has 8 nitrogen and oxygen atoms in total. The number of H-pyrrole nitrogens is 1. The second-order valence-electron chi connectivity index (χ2n) is 6.40. The van der Waals surface area contributed by atoms with Crippen LogP contribution in [0.5, 0.6) is 0 Å². The third kappa shape index (κ3) is 2.38. The molecule has 0 saturated carbocycles. The molecule has 4 aromatic heterocycles. The predicted molar refractivity (Wildman–Crippen MR) is 102 cm³/mol. The summed E-state index contributed by atoms with van der Waals surface area (Å²) in [5.41, 5.74) is 3.72. The highest BCUT2D eigenvalue weighted by Gasteiger charge is 2.22. The van der Waals surface area contributed by atoms with Crippen molar-refractivity contribution in [2.45, 2.75) is 13.8 Å². The summed E-state index contributed by atoms with van der Waals surface area (Å²) in [6.07, 6.45) is 1.51. The number of rotatable bonds is 3. The zero-order chi connectivity index (χ0) is 19.3. The Hall–Kier alpha value is -3.94. The number of aromatic nitrogens is 5. The molecule has 0 bridgehead atoms. The van der Waals surface area contributed by atoms with Crippen molar-refractivity contribution in [1.29, 1.82) is 0 Å². The van der Waals surface area contributed by atoms with Gasteiger partial charge in [0.25, 0.3) is 17.3 Å². The Morgan fingerprint density at radius 3 is 2.50 bits per heavy atom. The number of nitrogens with one attached hydrogen (secondary N) is 1. The number of benzene rings is 1. The van der Waals surface area contributed by atoms with Crippen LogP contribution in [0.3, 0.4) is 0 Å². The first kappa shape index (κ1) is 16.2. The number of hydrogen-bond acceptors (Lipinski definition) is 6. The maximum absolute atomic E-state index is 13.2. The molecule has 0 spiro atoms. The Balaban J connectivity index is 1.72. The molecule has 0 atom stereocenters. The second-order valence-corrected chi connectivity index (χ2v) is 6.40. The summed E-state index contributed by atoms with van der Waals surface area (Å²) in [5.74, 6) is 0.744. The van der Waals surface area contributed by atoms with Crippen LogP contribution in [-0.2, 0) is 0 Å². The largest absolute Gasteiger partial charge is 0.459 e. The molecule has 0 radical (unpaired) electrons. The minimum absolute atomic E-state index is 0.101. The van der Waals surface area contributed by atoms with Gasteiger partial charge in [0.2, 0.25) is 0 Å². The molecule has 5 rings (SSSR count). The maximum Gasteiger partial charge on any atom is 0.285 e. The maximum atomic E-state index is 13.2. The smallest absolute Gasteiger partial charge is 0.285 e. The van der Waals surface area contributed by atoms with Gasteiger partial charge in [-0.05, 0) is 31.5 Å². The molecule has 1 N–H and O–H groups in total. The molecule has 0 aliphatic rings. The lowest BCUT2D eigenvalue weighted by atomic mass is 10.1. The van der Waals surface area contributed by atoms with Crippen LogP contribution in [0.1, 0.15) is 11.4 Å². The summed E-state index contributed by atoms with van der Waals surface area (Å²) in [5, 5.41) is 11.1. The topological polar surface area (TPSA) is 102 Å². The number of aromatic amines is 1. The average molecular weight is 373 g/mol. The molecule has 28 heavy (non-hydrogen) atoms. The third-order valence-corrected chi connectivity index (χ3v) is 4.58. The van der Waals surface area contributed by atoms with Crippen molar-refractivity contribution >= 4 is 5.65 Å². The van der Waals surface area contributed by atoms with Crippen molar-refractivity contribution in [1.82, 2.24) is 24.8 Å². The average Bonchev–Trinajstić information content (AvgIpc) is 3.42. The van der Waals surface area contributed by atoms with Gasteiger partial charge in [0.05, 0.1) is 12.0 Å². The second kappa shape index (κ2) is 6.05. The quantitative estimate of drug-likeness (QED) is 0.518.